The van der Waals surface area contributed by atoms with Crippen molar-refractivity contribution in [2.75, 3.05) is 19.1 Å². The van der Waals surface area contributed by atoms with Gasteiger partial charge >= 0.3 is 0 Å². The summed E-state index contributed by atoms with van der Waals surface area (Å²) in [6.45, 7) is 0. The molecule has 0 unspecified atom stereocenters. The number of hydrogen-bond donors (Lipinski definition) is 1. The standard InChI is InChI=1S/C16H15NO2S/c1-17-13-6-4-3-5-11(13)15(16(18)20)12-8-7-10(19-2)9-14(12)17/h3-7,9H,8H2,1-2H3,(H,18,20). The summed E-state index contributed by atoms with van der Waals surface area (Å²) in [6.07, 6.45) is 4.62. The van der Waals surface area contributed by atoms with Crippen LogP contribution in [0.15, 0.2) is 53.4 Å². The zero-order valence-corrected chi connectivity index (χ0v) is 12.3. The predicted molar refractivity (Wildman–Crippen MR) is 83.6 cm³/mol. The Morgan fingerprint density at radius 2 is 2.10 bits per heavy atom. The van der Waals surface area contributed by atoms with E-state index in [2.05, 4.69) is 17.5 Å². The second kappa shape index (κ2) is 4.87. The summed E-state index contributed by atoms with van der Waals surface area (Å²) in [4.78, 5) is 14.1. The number of ether oxygens (including phenoxy) is 1. The van der Waals surface area contributed by atoms with Crippen molar-refractivity contribution in [3.63, 3.8) is 0 Å². The lowest BCUT2D eigenvalue weighted by Gasteiger charge is -2.34. The van der Waals surface area contributed by atoms with E-state index in [9.17, 15) is 4.79 Å². The van der Waals surface area contributed by atoms with Gasteiger partial charge in [-0.05, 0) is 24.1 Å². The second-order valence-corrected chi connectivity index (χ2v) is 5.19. The topological polar surface area (TPSA) is 29.5 Å². The van der Waals surface area contributed by atoms with Crippen LogP contribution in [-0.4, -0.2) is 19.3 Å². The molecule has 102 valence electrons. The number of nitrogens with zero attached hydrogens (tertiary/aromatic N) is 1. The van der Waals surface area contributed by atoms with Crippen LogP contribution in [0, 0.1) is 0 Å². The molecule has 2 aliphatic rings. The maximum Gasteiger partial charge on any atom is 0.217 e. The summed E-state index contributed by atoms with van der Waals surface area (Å²) >= 11 is 4.06. The van der Waals surface area contributed by atoms with Gasteiger partial charge in [-0.15, -0.1) is 12.6 Å². The van der Waals surface area contributed by atoms with Crippen LogP contribution >= 0.6 is 12.6 Å². The van der Waals surface area contributed by atoms with Gasteiger partial charge in [0.1, 0.15) is 5.76 Å². The van der Waals surface area contributed by atoms with Gasteiger partial charge in [0.15, 0.2) is 0 Å². The maximum atomic E-state index is 12.0. The molecule has 0 amide bonds. The molecular formula is C16H15NO2S. The van der Waals surface area contributed by atoms with Gasteiger partial charge in [-0.3, -0.25) is 4.79 Å². The minimum Gasteiger partial charge on any atom is -0.497 e. The molecule has 0 fully saturated rings. The van der Waals surface area contributed by atoms with Gasteiger partial charge in [-0.1, -0.05) is 18.2 Å². The highest BCUT2D eigenvalue weighted by atomic mass is 32.1. The van der Waals surface area contributed by atoms with E-state index in [0.717, 1.165) is 28.3 Å². The van der Waals surface area contributed by atoms with Gasteiger partial charge in [0.05, 0.1) is 7.11 Å². The number of thiol groups is 1. The van der Waals surface area contributed by atoms with Gasteiger partial charge in [-0.2, -0.15) is 0 Å². The first kappa shape index (κ1) is 13.1. The molecule has 0 saturated heterocycles. The summed E-state index contributed by atoms with van der Waals surface area (Å²) in [7, 11) is 3.65. The second-order valence-electron chi connectivity index (χ2n) is 4.78. The number of anilines is 1. The van der Waals surface area contributed by atoms with E-state index in [-0.39, 0.29) is 5.12 Å². The molecule has 20 heavy (non-hydrogen) atoms. The SMILES string of the molecule is COC1=CCC2=C(C(=O)S)c3ccccc3N(C)C2=C1. The highest BCUT2D eigenvalue weighted by Crippen LogP contribution is 2.43. The summed E-state index contributed by atoms with van der Waals surface area (Å²) in [6, 6.07) is 7.89. The lowest BCUT2D eigenvalue weighted by molar-refractivity contribution is -0.106. The number of allylic oxidation sites excluding steroid dienone is 3. The summed E-state index contributed by atoms with van der Waals surface area (Å²) in [5.74, 6) is 0.820. The normalized spacial score (nSPS) is 17.1. The van der Waals surface area contributed by atoms with Crippen LogP contribution in [0.4, 0.5) is 5.69 Å². The number of fused-ring (bicyclic) bond motifs is 2. The third-order valence-electron chi connectivity index (χ3n) is 3.74. The molecule has 0 spiro atoms. The van der Waals surface area contributed by atoms with Crippen molar-refractivity contribution in [3.05, 3.63) is 59.0 Å². The molecule has 1 aromatic carbocycles. The number of para-hydroxylation sites is 1. The number of benzene rings is 1. The van der Waals surface area contributed by atoms with Gasteiger partial charge < -0.3 is 9.64 Å². The molecule has 1 heterocycles. The first-order valence-electron chi connectivity index (χ1n) is 6.39. The van der Waals surface area contributed by atoms with Crippen molar-refractivity contribution < 1.29 is 9.53 Å². The van der Waals surface area contributed by atoms with Crippen LogP contribution in [0.25, 0.3) is 5.57 Å². The van der Waals surface area contributed by atoms with Gasteiger partial charge in [0.2, 0.25) is 5.12 Å². The lowest BCUT2D eigenvalue weighted by atomic mass is 9.88. The monoisotopic (exact) mass is 285 g/mol. The number of hydrogen-bond acceptors (Lipinski definition) is 3. The Morgan fingerprint density at radius 3 is 2.80 bits per heavy atom. The number of carbonyl (C=O) groups is 1. The van der Waals surface area contributed by atoms with Gasteiger partial charge in [-0.25, -0.2) is 0 Å². The Labute approximate surface area is 123 Å². The van der Waals surface area contributed by atoms with Gasteiger partial charge in [0, 0.05) is 35.6 Å². The zero-order valence-electron chi connectivity index (χ0n) is 11.4. The minimum atomic E-state index is -0.194. The Hall–Kier alpha value is -1.94. The predicted octanol–water partition coefficient (Wildman–Crippen LogP) is 3.16. The highest BCUT2D eigenvalue weighted by Gasteiger charge is 2.30. The summed E-state index contributed by atoms with van der Waals surface area (Å²) in [5.41, 5.74) is 4.65. The fourth-order valence-corrected chi connectivity index (χ4v) is 3.03. The molecule has 3 nitrogen and oxygen atoms in total. The fraction of sp³-hybridized carbons (Fsp3) is 0.188. The van der Waals surface area contributed by atoms with Crippen LogP contribution < -0.4 is 4.90 Å². The number of methoxy groups -OCH3 is 1. The number of rotatable bonds is 2. The van der Waals surface area contributed by atoms with Crippen molar-refractivity contribution >= 4 is 29.0 Å². The smallest absolute Gasteiger partial charge is 0.217 e. The molecule has 0 N–H and O–H groups in total. The first-order valence-corrected chi connectivity index (χ1v) is 6.84. The quantitative estimate of drug-likeness (QED) is 0.846. The maximum absolute atomic E-state index is 12.0. The number of likely N-dealkylation sites (N-methyl/N-ethyl adjacent to an activating group) is 1. The lowest BCUT2D eigenvalue weighted by Crippen LogP contribution is -2.26. The molecule has 0 aromatic heterocycles. The first-order chi connectivity index (χ1) is 9.63. The Balaban J connectivity index is 2.27. The fourth-order valence-electron chi connectivity index (χ4n) is 2.77. The molecule has 1 aliphatic heterocycles. The molecule has 3 rings (SSSR count). The Morgan fingerprint density at radius 1 is 1.35 bits per heavy atom. The highest BCUT2D eigenvalue weighted by molar-refractivity contribution is 7.98. The zero-order chi connectivity index (χ0) is 14.3. The van der Waals surface area contributed by atoms with Crippen LogP contribution in [0.2, 0.25) is 0 Å². The van der Waals surface area contributed by atoms with Crippen LogP contribution in [0.3, 0.4) is 0 Å². The van der Waals surface area contributed by atoms with Crippen molar-refractivity contribution in [1.82, 2.24) is 0 Å². The van der Waals surface area contributed by atoms with E-state index < -0.39 is 0 Å². The minimum absolute atomic E-state index is 0.194. The van der Waals surface area contributed by atoms with Crippen molar-refractivity contribution in [1.29, 1.82) is 0 Å². The van der Waals surface area contributed by atoms with Crippen LogP contribution in [0.1, 0.15) is 12.0 Å². The Kier molecular flexibility index (Phi) is 3.18. The summed E-state index contributed by atoms with van der Waals surface area (Å²) < 4.78 is 5.30. The van der Waals surface area contributed by atoms with E-state index in [1.54, 1.807) is 7.11 Å². The molecule has 0 bridgehead atoms. The molecule has 0 atom stereocenters. The van der Waals surface area contributed by atoms with Crippen molar-refractivity contribution in [3.8, 4) is 0 Å². The summed E-state index contributed by atoms with van der Waals surface area (Å²) in [5, 5.41) is -0.194. The van der Waals surface area contributed by atoms with Crippen LogP contribution in [-0.2, 0) is 9.53 Å². The molecule has 1 aliphatic carbocycles. The third-order valence-corrected chi connectivity index (χ3v) is 3.97. The van der Waals surface area contributed by atoms with Crippen molar-refractivity contribution in [2.24, 2.45) is 0 Å². The van der Waals surface area contributed by atoms with E-state index in [0.29, 0.717) is 12.0 Å². The van der Waals surface area contributed by atoms with E-state index in [4.69, 9.17) is 4.74 Å². The average Bonchev–Trinajstić information content (AvgIpc) is 2.47. The van der Waals surface area contributed by atoms with E-state index in [1.165, 1.54) is 0 Å². The molecule has 4 heteroatoms. The largest absolute Gasteiger partial charge is 0.497 e. The van der Waals surface area contributed by atoms with E-state index >= 15 is 0 Å². The molecule has 1 aromatic rings. The Bertz CT molecular complexity index is 685. The molecular weight excluding hydrogens is 270 g/mol. The average molecular weight is 285 g/mol. The molecule has 0 saturated carbocycles. The number of carbonyl (C=O) groups excluding carboxylic acids is 1. The van der Waals surface area contributed by atoms with Crippen molar-refractivity contribution in [2.45, 2.75) is 6.42 Å². The molecule has 0 radical (unpaired) electrons. The van der Waals surface area contributed by atoms with Crippen LogP contribution in [0.5, 0.6) is 0 Å². The van der Waals surface area contributed by atoms with Gasteiger partial charge in [0.25, 0.3) is 0 Å². The van der Waals surface area contributed by atoms with E-state index in [1.807, 2.05) is 43.5 Å². The third kappa shape index (κ3) is 1.88.